The van der Waals surface area contributed by atoms with Gasteiger partial charge in [0.25, 0.3) is 0 Å². The molecule has 6 heteroatoms. The molecule has 1 aromatic heterocycles. The predicted molar refractivity (Wildman–Crippen MR) is 54.4 cm³/mol. The van der Waals surface area contributed by atoms with E-state index in [1.165, 1.54) is 4.68 Å². The van der Waals surface area contributed by atoms with Crippen LogP contribution in [-0.2, 0) is 0 Å². The van der Waals surface area contributed by atoms with Gasteiger partial charge in [0.05, 0.1) is 5.69 Å². The molecular formula is C8H7BrN4O. The molecule has 0 radical (unpaired) electrons. The molecule has 0 aliphatic carbocycles. The summed E-state index contributed by atoms with van der Waals surface area (Å²) in [6.07, 6.45) is 0. The molecule has 2 aromatic rings. The van der Waals surface area contributed by atoms with E-state index in [1.54, 1.807) is 6.07 Å². The van der Waals surface area contributed by atoms with Crippen LogP contribution in [0.1, 0.15) is 5.56 Å². The van der Waals surface area contributed by atoms with Crippen LogP contribution in [0.3, 0.4) is 0 Å². The van der Waals surface area contributed by atoms with Gasteiger partial charge in [-0.1, -0.05) is 12.1 Å². The van der Waals surface area contributed by atoms with E-state index in [0.717, 1.165) is 10.0 Å². The van der Waals surface area contributed by atoms with Crippen LogP contribution in [0.15, 0.2) is 27.5 Å². The summed E-state index contributed by atoms with van der Waals surface area (Å²) in [6.45, 7) is 1.94. The van der Waals surface area contributed by atoms with E-state index in [0.29, 0.717) is 5.69 Å². The maximum Gasteiger partial charge on any atom is 0.365 e. The van der Waals surface area contributed by atoms with E-state index >= 15 is 0 Å². The lowest BCUT2D eigenvalue weighted by atomic mass is 10.2. The molecule has 0 saturated carbocycles. The fraction of sp³-hybridized carbons (Fsp3) is 0.125. The van der Waals surface area contributed by atoms with Gasteiger partial charge >= 0.3 is 5.69 Å². The first-order valence-electron chi connectivity index (χ1n) is 3.96. The van der Waals surface area contributed by atoms with Gasteiger partial charge in [-0.3, -0.25) is 0 Å². The fourth-order valence-electron chi connectivity index (χ4n) is 1.15. The highest BCUT2D eigenvalue weighted by atomic mass is 79.9. The number of H-pyrrole nitrogens is 1. The third-order valence-electron chi connectivity index (χ3n) is 1.87. The van der Waals surface area contributed by atoms with E-state index in [1.807, 2.05) is 19.1 Å². The molecule has 0 fully saturated rings. The number of hydrogen-bond donors (Lipinski definition) is 1. The zero-order valence-electron chi connectivity index (χ0n) is 7.36. The highest BCUT2D eigenvalue weighted by Gasteiger charge is 2.07. The first-order valence-corrected chi connectivity index (χ1v) is 4.75. The van der Waals surface area contributed by atoms with Gasteiger partial charge in [-0.05, 0) is 44.9 Å². The largest absolute Gasteiger partial charge is 0.365 e. The van der Waals surface area contributed by atoms with Gasteiger partial charge in [-0.2, -0.15) is 4.68 Å². The Morgan fingerprint density at radius 2 is 2.29 bits per heavy atom. The number of nitrogens with one attached hydrogen (secondary N) is 1. The second kappa shape index (κ2) is 3.38. The zero-order chi connectivity index (χ0) is 10.1. The summed E-state index contributed by atoms with van der Waals surface area (Å²) in [5, 5.41) is 9.32. The average Bonchev–Trinajstić information content (AvgIpc) is 2.57. The van der Waals surface area contributed by atoms with Gasteiger partial charge in [0.15, 0.2) is 0 Å². The van der Waals surface area contributed by atoms with Crippen molar-refractivity contribution in [2.75, 3.05) is 0 Å². The van der Waals surface area contributed by atoms with E-state index in [4.69, 9.17) is 0 Å². The lowest BCUT2D eigenvalue weighted by Crippen LogP contribution is -2.16. The van der Waals surface area contributed by atoms with Crippen LogP contribution in [0.4, 0.5) is 0 Å². The number of hydrogen-bond acceptors (Lipinski definition) is 3. The van der Waals surface area contributed by atoms with Crippen molar-refractivity contribution in [3.63, 3.8) is 0 Å². The number of aromatic amines is 1. The Kier molecular flexibility index (Phi) is 2.20. The van der Waals surface area contributed by atoms with Gasteiger partial charge in [-0.25, -0.2) is 9.89 Å². The SMILES string of the molecule is Cc1cccc(-n2nn[nH]c2=O)c1Br. The summed E-state index contributed by atoms with van der Waals surface area (Å²) in [4.78, 5) is 11.2. The van der Waals surface area contributed by atoms with Gasteiger partial charge < -0.3 is 0 Å². The summed E-state index contributed by atoms with van der Waals surface area (Å²) < 4.78 is 2.05. The Hall–Kier alpha value is -1.43. The normalized spacial score (nSPS) is 10.4. The fourth-order valence-corrected chi connectivity index (χ4v) is 1.58. The predicted octanol–water partition coefficient (Wildman–Crippen LogP) is 1.03. The summed E-state index contributed by atoms with van der Waals surface area (Å²) in [5.41, 5.74) is 1.37. The molecule has 2 rings (SSSR count). The molecule has 5 nitrogen and oxygen atoms in total. The zero-order valence-corrected chi connectivity index (χ0v) is 8.95. The molecule has 72 valence electrons. The molecule has 0 aliphatic heterocycles. The molecule has 0 bridgehead atoms. The van der Waals surface area contributed by atoms with Gasteiger partial charge in [0, 0.05) is 4.47 Å². The number of tetrazole rings is 1. The Morgan fingerprint density at radius 3 is 2.93 bits per heavy atom. The minimum Gasteiger partial charge on any atom is -0.244 e. The Balaban J connectivity index is 2.69. The van der Waals surface area contributed by atoms with Gasteiger partial charge in [0.2, 0.25) is 0 Å². The highest BCUT2D eigenvalue weighted by Crippen LogP contribution is 2.22. The minimum absolute atomic E-state index is 0.351. The van der Waals surface area contributed by atoms with Crippen molar-refractivity contribution in [1.29, 1.82) is 0 Å². The number of halogens is 1. The van der Waals surface area contributed by atoms with Crippen LogP contribution in [0.25, 0.3) is 5.69 Å². The van der Waals surface area contributed by atoms with E-state index < -0.39 is 0 Å². The minimum atomic E-state index is -0.351. The standard InChI is InChI=1S/C8H7BrN4O/c1-5-3-2-4-6(7(5)9)13-8(14)10-11-12-13/h2-4H,1H3,(H,10,12,14). The Morgan fingerprint density at radius 1 is 1.50 bits per heavy atom. The second-order valence-electron chi connectivity index (χ2n) is 2.83. The maximum absolute atomic E-state index is 11.2. The van der Waals surface area contributed by atoms with Crippen LogP contribution in [-0.4, -0.2) is 20.2 Å². The van der Waals surface area contributed by atoms with E-state index in [-0.39, 0.29) is 5.69 Å². The van der Waals surface area contributed by atoms with Crippen molar-refractivity contribution in [2.45, 2.75) is 6.92 Å². The number of aryl methyl sites for hydroxylation is 1. The first-order chi connectivity index (χ1) is 6.70. The van der Waals surface area contributed by atoms with Crippen molar-refractivity contribution in [3.05, 3.63) is 38.7 Å². The number of nitrogens with zero attached hydrogens (tertiary/aromatic N) is 3. The highest BCUT2D eigenvalue weighted by molar-refractivity contribution is 9.10. The lowest BCUT2D eigenvalue weighted by Gasteiger charge is -2.03. The number of rotatable bonds is 1. The van der Waals surface area contributed by atoms with E-state index in [9.17, 15) is 4.79 Å². The van der Waals surface area contributed by atoms with Crippen LogP contribution < -0.4 is 5.69 Å². The van der Waals surface area contributed by atoms with Crippen LogP contribution in [0.5, 0.6) is 0 Å². The smallest absolute Gasteiger partial charge is 0.244 e. The van der Waals surface area contributed by atoms with Gasteiger partial charge in [-0.15, -0.1) is 0 Å². The van der Waals surface area contributed by atoms with Crippen molar-refractivity contribution in [1.82, 2.24) is 20.2 Å². The summed E-state index contributed by atoms with van der Waals surface area (Å²) in [5.74, 6) is 0. The molecule has 1 aromatic carbocycles. The molecule has 1 N–H and O–H groups in total. The summed E-state index contributed by atoms with van der Waals surface area (Å²) in [6, 6.07) is 5.59. The van der Waals surface area contributed by atoms with Crippen molar-refractivity contribution < 1.29 is 0 Å². The molecule has 0 aliphatic rings. The molecule has 0 saturated heterocycles. The molecule has 1 heterocycles. The molecule has 0 unspecified atom stereocenters. The van der Waals surface area contributed by atoms with Crippen LogP contribution in [0, 0.1) is 6.92 Å². The summed E-state index contributed by atoms with van der Waals surface area (Å²) >= 11 is 3.39. The molecule has 0 atom stereocenters. The van der Waals surface area contributed by atoms with Crippen LogP contribution in [0.2, 0.25) is 0 Å². The molecule has 0 amide bonds. The number of aromatic nitrogens is 4. The third-order valence-corrected chi connectivity index (χ3v) is 2.90. The average molecular weight is 255 g/mol. The van der Waals surface area contributed by atoms with Crippen molar-refractivity contribution >= 4 is 15.9 Å². The molecule has 14 heavy (non-hydrogen) atoms. The van der Waals surface area contributed by atoms with Crippen molar-refractivity contribution in [2.24, 2.45) is 0 Å². The Bertz CT molecular complexity index is 516. The monoisotopic (exact) mass is 254 g/mol. The topological polar surface area (TPSA) is 63.6 Å². The summed E-state index contributed by atoms with van der Waals surface area (Å²) in [7, 11) is 0. The first kappa shape index (κ1) is 9.14. The number of benzene rings is 1. The lowest BCUT2D eigenvalue weighted by molar-refractivity contribution is 0.776. The molecular weight excluding hydrogens is 248 g/mol. The maximum atomic E-state index is 11.2. The van der Waals surface area contributed by atoms with Crippen LogP contribution >= 0.6 is 15.9 Å². The van der Waals surface area contributed by atoms with Gasteiger partial charge in [0.1, 0.15) is 0 Å². The third kappa shape index (κ3) is 1.37. The quantitative estimate of drug-likeness (QED) is 0.827. The van der Waals surface area contributed by atoms with E-state index in [2.05, 4.69) is 31.5 Å². The van der Waals surface area contributed by atoms with Crippen molar-refractivity contribution in [3.8, 4) is 5.69 Å². The second-order valence-corrected chi connectivity index (χ2v) is 3.62. The molecule has 0 spiro atoms. The Labute approximate surface area is 87.9 Å².